The first-order chi connectivity index (χ1) is 20.9. The maximum Gasteiger partial charge on any atom is 0.362 e. The number of anilines is 1. The molecule has 6 rings (SSSR count). The fourth-order valence-corrected chi connectivity index (χ4v) is 5.20. The van der Waals surface area contributed by atoms with E-state index in [0.29, 0.717) is 22.0 Å². The molecule has 0 spiro atoms. The van der Waals surface area contributed by atoms with Gasteiger partial charge in [-0.15, -0.1) is 5.10 Å². The Hall–Kier alpha value is -6.22. The fraction of sp³-hybridized carbons (Fsp3) is 0.0968. The van der Waals surface area contributed by atoms with E-state index in [0.717, 1.165) is 7.11 Å². The smallest absolute Gasteiger partial charge is 0.362 e. The molecule has 1 unspecified atom stereocenters. The molecular formula is C31H22N6O6. The van der Waals surface area contributed by atoms with Crippen molar-refractivity contribution < 1.29 is 23.5 Å². The standard InChI is InChI=1S/C31H22N6O6/c1-41-30(39)26-25(17-8-4-3-5-9-17)20(16-32)28(33)36(27(26)31(40)42-2)19-13-12-18-14-23(29(38)43-24(18)15-19)37-22-11-7-6-10-21(22)34-35-37/h3-15,25H,33H2,1-2H3. The number of rotatable bonds is 5. The molecule has 1 aliphatic rings. The molecule has 0 amide bonds. The van der Waals surface area contributed by atoms with Gasteiger partial charge < -0.3 is 19.6 Å². The summed E-state index contributed by atoms with van der Waals surface area (Å²) >= 11 is 0. The fourth-order valence-electron chi connectivity index (χ4n) is 5.20. The zero-order chi connectivity index (χ0) is 30.2. The van der Waals surface area contributed by atoms with Crippen molar-refractivity contribution in [2.24, 2.45) is 5.73 Å². The Bertz CT molecular complexity index is 2100. The van der Waals surface area contributed by atoms with Crippen LogP contribution in [-0.2, 0) is 19.1 Å². The minimum Gasteiger partial charge on any atom is -0.466 e. The van der Waals surface area contributed by atoms with Crippen LogP contribution in [0.25, 0.3) is 27.7 Å². The molecular weight excluding hydrogens is 552 g/mol. The molecule has 3 aromatic carbocycles. The van der Waals surface area contributed by atoms with Crippen LogP contribution in [0.4, 0.5) is 5.69 Å². The third-order valence-corrected chi connectivity index (χ3v) is 7.15. The highest BCUT2D eigenvalue weighted by Gasteiger charge is 2.43. The number of nitriles is 1. The summed E-state index contributed by atoms with van der Waals surface area (Å²) in [7, 11) is 2.33. The van der Waals surface area contributed by atoms with E-state index in [2.05, 4.69) is 16.4 Å². The van der Waals surface area contributed by atoms with Crippen LogP contribution in [-0.4, -0.2) is 41.2 Å². The maximum atomic E-state index is 13.3. The number of esters is 2. The summed E-state index contributed by atoms with van der Waals surface area (Å²) in [4.78, 5) is 41.0. The van der Waals surface area contributed by atoms with Crippen molar-refractivity contribution in [2.75, 3.05) is 19.1 Å². The van der Waals surface area contributed by atoms with E-state index in [1.165, 1.54) is 22.8 Å². The van der Waals surface area contributed by atoms with E-state index < -0.39 is 23.5 Å². The summed E-state index contributed by atoms with van der Waals surface area (Å²) in [6.45, 7) is 0. The first kappa shape index (κ1) is 27.0. The minimum atomic E-state index is -1.01. The second-order valence-electron chi connectivity index (χ2n) is 9.47. The van der Waals surface area contributed by atoms with Gasteiger partial charge in [-0.3, -0.25) is 4.90 Å². The number of aromatic nitrogens is 3. The molecule has 0 saturated heterocycles. The van der Waals surface area contributed by atoms with E-state index in [-0.39, 0.29) is 39.6 Å². The zero-order valence-corrected chi connectivity index (χ0v) is 22.8. The van der Waals surface area contributed by atoms with Crippen LogP contribution in [0.1, 0.15) is 11.5 Å². The summed E-state index contributed by atoms with van der Waals surface area (Å²) in [6, 6.07) is 24.3. The van der Waals surface area contributed by atoms with Crippen LogP contribution < -0.4 is 16.3 Å². The summed E-state index contributed by atoms with van der Waals surface area (Å²) in [6.07, 6.45) is 0. The molecule has 5 aromatic rings. The molecule has 2 aromatic heterocycles. The van der Waals surface area contributed by atoms with E-state index >= 15 is 0 Å². The van der Waals surface area contributed by atoms with E-state index in [9.17, 15) is 19.6 Å². The summed E-state index contributed by atoms with van der Waals surface area (Å²) in [5.74, 6) is -2.87. The highest BCUT2D eigenvalue weighted by atomic mass is 16.5. The number of carbonyl (C=O) groups excluding carboxylic acids is 2. The van der Waals surface area contributed by atoms with E-state index in [1.807, 2.05) is 6.07 Å². The van der Waals surface area contributed by atoms with Crippen LogP contribution in [0.3, 0.4) is 0 Å². The lowest BCUT2D eigenvalue weighted by molar-refractivity contribution is -0.139. The number of benzene rings is 3. The molecule has 212 valence electrons. The number of hydrogen-bond donors (Lipinski definition) is 1. The number of para-hydroxylation sites is 1. The van der Waals surface area contributed by atoms with Gasteiger partial charge in [0.25, 0.3) is 0 Å². The highest BCUT2D eigenvalue weighted by Crippen LogP contribution is 2.43. The number of allylic oxidation sites excluding steroid dienone is 1. The van der Waals surface area contributed by atoms with Gasteiger partial charge in [-0.1, -0.05) is 47.7 Å². The van der Waals surface area contributed by atoms with Gasteiger partial charge in [0.15, 0.2) is 5.69 Å². The average molecular weight is 575 g/mol. The zero-order valence-electron chi connectivity index (χ0n) is 22.8. The Balaban J connectivity index is 1.56. The lowest BCUT2D eigenvalue weighted by atomic mass is 9.81. The van der Waals surface area contributed by atoms with Crippen LogP contribution in [0.2, 0.25) is 0 Å². The molecule has 0 bridgehead atoms. The molecule has 3 heterocycles. The maximum absolute atomic E-state index is 13.3. The number of carbonyl (C=O) groups is 2. The van der Waals surface area contributed by atoms with Crippen LogP contribution in [0, 0.1) is 11.3 Å². The number of nitrogens with zero attached hydrogens (tertiary/aromatic N) is 5. The Morgan fingerprint density at radius 3 is 2.42 bits per heavy atom. The predicted octanol–water partition coefficient (Wildman–Crippen LogP) is 3.42. The molecule has 0 radical (unpaired) electrons. The molecule has 12 heteroatoms. The molecule has 12 nitrogen and oxygen atoms in total. The van der Waals surface area contributed by atoms with Gasteiger partial charge >= 0.3 is 17.6 Å². The monoisotopic (exact) mass is 574 g/mol. The molecule has 43 heavy (non-hydrogen) atoms. The average Bonchev–Trinajstić information content (AvgIpc) is 3.47. The Morgan fingerprint density at radius 1 is 0.977 bits per heavy atom. The van der Waals surface area contributed by atoms with Crippen LogP contribution >= 0.6 is 0 Å². The van der Waals surface area contributed by atoms with Crippen molar-refractivity contribution in [3.8, 4) is 11.8 Å². The lowest BCUT2D eigenvalue weighted by Crippen LogP contribution is -2.40. The number of fused-ring (bicyclic) bond motifs is 2. The van der Waals surface area contributed by atoms with Crippen molar-refractivity contribution in [3.05, 3.63) is 118 Å². The van der Waals surface area contributed by atoms with Gasteiger partial charge in [-0.05, 0) is 35.9 Å². The first-order valence-electron chi connectivity index (χ1n) is 12.9. The minimum absolute atomic E-state index is 0.00853. The Labute approximate surface area is 243 Å². The van der Waals surface area contributed by atoms with Gasteiger partial charge in [0.05, 0.1) is 48.6 Å². The lowest BCUT2D eigenvalue weighted by Gasteiger charge is -2.35. The topological polar surface area (TPSA) is 167 Å². The van der Waals surface area contributed by atoms with Crippen molar-refractivity contribution in [2.45, 2.75) is 5.92 Å². The second-order valence-corrected chi connectivity index (χ2v) is 9.47. The quantitative estimate of drug-likeness (QED) is 0.241. The largest absolute Gasteiger partial charge is 0.466 e. The van der Waals surface area contributed by atoms with Gasteiger partial charge in [0.1, 0.15) is 22.6 Å². The summed E-state index contributed by atoms with van der Waals surface area (Å²) < 4.78 is 17.2. The van der Waals surface area contributed by atoms with Gasteiger partial charge in [-0.2, -0.15) is 5.26 Å². The van der Waals surface area contributed by atoms with Crippen molar-refractivity contribution >= 4 is 39.6 Å². The summed E-state index contributed by atoms with van der Waals surface area (Å²) in [5.41, 5.74) is 7.81. The number of nitrogens with two attached hydrogens (primary N) is 1. The highest BCUT2D eigenvalue weighted by molar-refractivity contribution is 6.06. The Morgan fingerprint density at radius 2 is 1.70 bits per heavy atom. The van der Waals surface area contributed by atoms with E-state index in [4.69, 9.17) is 19.6 Å². The van der Waals surface area contributed by atoms with Crippen molar-refractivity contribution in [1.82, 2.24) is 15.0 Å². The third-order valence-electron chi connectivity index (χ3n) is 7.15. The molecule has 2 N–H and O–H groups in total. The number of ether oxygens (including phenoxy) is 2. The second kappa shape index (κ2) is 10.6. The van der Waals surface area contributed by atoms with Crippen LogP contribution in [0.5, 0.6) is 0 Å². The molecule has 0 aliphatic carbocycles. The summed E-state index contributed by atoms with van der Waals surface area (Å²) in [5, 5.41) is 19.0. The van der Waals surface area contributed by atoms with Gasteiger partial charge in [0, 0.05) is 11.5 Å². The molecule has 0 fully saturated rings. The normalized spacial score (nSPS) is 15.1. The third kappa shape index (κ3) is 4.36. The van der Waals surface area contributed by atoms with Crippen LogP contribution in [0.15, 0.2) is 111 Å². The van der Waals surface area contributed by atoms with Crippen molar-refractivity contribution in [1.29, 1.82) is 5.26 Å². The molecule has 1 atom stereocenters. The predicted molar refractivity (Wildman–Crippen MR) is 154 cm³/mol. The Kier molecular flexibility index (Phi) is 6.67. The number of hydrogen-bond acceptors (Lipinski definition) is 11. The SMILES string of the molecule is COC(=O)C1=C(C(=O)OC)N(c2ccc3cc(-n4nnc5ccccc54)c(=O)oc3c2)C(N)=C(C#N)C1c1ccccc1. The molecule has 1 aliphatic heterocycles. The van der Waals surface area contributed by atoms with Gasteiger partial charge in [-0.25, -0.2) is 19.1 Å². The van der Waals surface area contributed by atoms with E-state index in [1.54, 1.807) is 66.7 Å². The van der Waals surface area contributed by atoms with Crippen molar-refractivity contribution in [3.63, 3.8) is 0 Å². The first-order valence-corrected chi connectivity index (χ1v) is 12.9. The molecule has 0 saturated carbocycles. The van der Waals surface area contributed by atoms with Gasteiger partial charge in [0.2, 0.25) is 0 Å². The number of methoxy groups -OCH3 is 2.